The molecular formula is C22H32Cl2N2O4. The molecule has 168 valence electrons. The topological polar surface area (TPSA) is 83.6 Å². The molecule has 0 aromatic rings. The Labute approximate surface area is 188 Å². The largest absolute Gasteiger partial charge is 0.344 e. The van der Waals surface area contributed by atoms with Crippen LogP contribution < -0.4 is 5.32 Å². The number of piperidine rings is 1. The number of likely N-dealkylation sites (tertiary alicyclic amines) is 1. The molecule has 0 aromatic heterocycles. The van der Waals surface area contributed by atoms with Crippen molar-refractivity contribution < 1.29 is 19.2 Å². The van der Waals surface area contributed by atoms with Crippen LogP contribution >= 0.6 is 23.2 Å². The predicted octanol–water partition coefficient (Wildman–Crippen LogP) is 3.13. The molecule has 2 saturated carbocycles. The van der Waals surface area contributed by atoms with Crippen molar-refractivity contribution in [2.45, 2.75) is 76.7 Å². The highest BCUT2D eigenvalue weighted by Gasteiger charge is 2.74. The third kappa shape index (κ3) is 4.27. The Kier molecular flexibility index (Phi) is 6.34. The molecule has 6 nitrogen and oxygen atoms in total. The molecule has 1 N–H and O–H groups in total. The number of amides is 2. The monoisotopic (exact) mass is 458 g/mol. The van der Waals surface area contributed by atoms with E-state index < -0.39 is 33.9 Å². The van der Waals surface area contributed by atoms with Gasteiger partial charge in [-0.3, -0.25) is 19.2 Å². The maximum Gasteiger partial charge on any atom is 0.243 e. The summed E-state index contributed by atoms with van der Waals surface area (Å²) < 4.78 is -1.04. The van der Waals surface area contributed by atoms with Gasteiger partial charge in [0.05, 0.1) is 6.04 Å². The average Bonchev–Trinajstić information content (AvgIpc) is 2.95. The third-order valence-electron chi connectivity index (χ3n) is 7.33. The van der Waals surface area contributed by atoms with Gasteiger partial charge in [0, 0.05) is 31.2 Å². The summed E-state index contributed by atoms with van der Waals surface area (Å²) in [4.78, 5) is 52.2. The van der Waals surface area contributed by atoms with Crippen LogP contribution in [0.2, 0.25) is 0 Å². The SMILES string of the molecule is CC(=O)C(=O)C(CC1CCC1)NC(=O)[C@@H]1[C@@H]2[C@H](CN1C(=O)[C@@H](C)C(C)(C)C)C2(Cl)Cl. The van der Waals surface area contributed by atoms with Crippen molar-refractivity contribution in [1.82, 2.24) is 10.2 Å². The molecule has 30 heavy (non-hydrogen) atoms. The van der Waals surface area contributed by atoms with Crippen molar-refractivity contribution >= 4 is 46.6 Å². The van der Waals surface area contributed by atoms with Crippen molar-refractivity contribution in [1.29, 1.82) is 0 Å². The number of carbonyl (C=O) groups is 4. The van der Waals surface area contributed by atoms with Gasteiger partial charge in [0.15, 0.2) is 5.78 Å². The fourth-order valence-corrected chi connectivity index (χ4v) is 5.37. The second kappa shape index (κ2) is 8.09. The van der Waals surface area contributed by atoms with Crippen LogP contribution in [0, 0.1) is 29.1 Å². The molecule has 3 aliphatic rings. The van der Waals surface area contributed by atoms with E-state index >= 15 is 0 Å². The highest BCUT2D eigenvalue weighted by atomic mass is 35.5. The highest BCUT2D eigenvalue weighted by Crippen LogP contribution is 2.65. The Balaban J connectivity index is 1.79. The normalized spacial score (nSPS) is 29.4. The van der Waals surface area contributed by atoms with Gasteiger partial charge in [0.25, 0.3) is 0 Å². The second-order valence-corrected chi connectivity index (χ2v) is 11.8. The number of carbonyl (C=O) groups excluding carboxylic acids is 4. The number of hydrogen-bond donors (Lipinski definition) is 1. The van der Waals surface area contributed by atoms with Gasteiger partial charge in [-0.1, -0.05) is 47.0 Å². The zero-order valence-corrected chi connectivity index (χ0v) is 19.8. The zero-order chi connectivity index (χ0) is 22.6. The summed E-state index contributed by atoms with van der Waals surface area (Å²) in [6.07, 6.45) is 3.53. The van der Waals surface area contributed by atoms with Crippen LogP contribution in [-0.2, 0) is 19.2 Å². The van der Waals surface area contributed by atoms with E-state index in [4.69, 9.17) is 23.2 Å². The second-order valence-electron chi connectivity index (χ2n) is 10.3. The zero-order valence-electron chi connectivity index (χ0n) is 18.3. The Morgan fingerprint density at radius 1 is 1.17 bits per heavy atom. The van der Waals surface area contributed by atoms with Crippen LogP contribution in [0.4, 0.5) is 0 Å². The number of ketones is 2. The molecule has 8 heteroatoms. The summed E-state index contributed by atoms with van der Waals surface area (Å²) in [5.41, 5.74) is -0.263. The third-order valence-corrected chi connectivity index (χ3v) is 8.39. The molecule has 5 atom stereocenters. The summed E-state index contributed by atoms with van der Waals surface area (Å²) in [6.45, 7) is 9.34. The minimum Gasteiger partial charge on any atom is -0.344 e. The van der Waals surface area contributed by atoms with E-state index in [2.05, 4.69) is 5.32 Å². The minimum absolute atomic E-state index is 0.118. The summed E-state index contributed by atoms with van der Waals surface area (Å²) in [5, 5.41) is 2.78. The summed E-state index contributed by atoms with van der Waals surface area (Å²) in [7, 11) is 0. The summed E-state index contributed by atoms with van der Waals surface area (Å²) in [5.74, 6) is -2.23. The number of halogens is 2. The first kappa shape index (κ1) is 23.5. The lowest BCUT2D eigenvalue weighted by Crippen LogP contribution is -2.56. The first-order chi connectivity index (χ1) is 13.8. The van der Waals surface area contributed by atoms with Crippen molar-refractivity contribution in [2.24, 2.45) is 29.1 Å². The molecule has 3 rings (SSSR count). The lowest BCUT2D eigenvalue weighted by molar-refractivity contribution is -0.146. The predicted molar refractivity (Wildman–Crippen MR) is 115 cm³/mol. The Morgan fingerprint density at radius 2 is 1.77 bits per heavy atom. The Hall–Kier alpha value is -1.14. The molecule has 2 amide bonds. The van der Waals surface area contributed by atoms with Gasteiger partial charge in [-0.05, 0) is 17.8 Å². The summed E-state index contributed by atoms with van der Waals surface area (Å²) in [6, 6.07) is -1.69. The quantitative estimate of drug-likeness (QED) is 0.469. The maximum absolute atomic E-state index is 13.3. The molecule has 0 aromatic carbocycles. The molecular weight excluding hydrogens is 427 g/mol. The van der Waals surface area contributed by atoms with E-state index in [-0.39, 0.29) is 29.1 Å². The number of Topliss-reactive ketones (excluding diaryl/α,β-unsaturated/α-hetero) is 2. The van der Waals surface area contributed by atoms with Crippen molar-refractivity contribution in [3.63, 3.8) is 0 Å². The van der Waals surface area contributed by atoms with Crippen LogP contribution in [0.5, 0.6) is 0 Å². The van der Waals surface area contributed by atoms with Gasteiger partial charge >= 0.3 is 0 Å². The van der Waals surface area contributed by atoms with Crippen molar-refractivity contribution in [3.8, 4) is 0 Å². The molecule has 1 heterocycles. The number of hydrogen-bond acceptors (Lipinski definition) is 4. The van der Waals surface area contributed by atoms with Crippen LogP contribution in [0.3, 0.4) is 0 Å². The van der Waals surface area contributed by atoms with E-state index in [1.54, 1.807) is 4.90 Å². The van der Waals surface area contributed by atoms with Gasteiger partial charge < -0.3 is 10.2 Å². The molecule has 2 aliphatic carbocycles. The Morgan fingerprint density at radius 3 is 2.23 bits per heavy atom. The maximum atomic E-state index is 13.3. The highest BCUT2D eigenvalue weighted by molar-refractivity contribution is 6.51. The van der Waals surface area contributed by atoms with Crippen LogP contribution in [0.25, 0.3) is 0 Å². The van der Waals surface area contributed by atoms with Gasteiger partial charge in [0.2, 0.25) is 17.6 Å². The van der Waals surface area contributed by atoms with Gasteiger partial charge in [-0.25, -0.2) is 0 Å². The van der Waals surface area contributed by atoms with Crippen LogP contribution in [0.1, 0.15) is 60.3 Å². The van der Waals surface area contributed by atoms with Gasteiger partial charge in [-0.15, -0.1) is 23.2 Å². The van der Waals surface area contributed by atoms with E-state index in [9.17, 15) is 19.2 Å². The van der Waals surface area contributed by atoms with Crippen molar-refractivity contribution in [2.75, 3.05) is 6.54 Å². The van der Waals surface area contributed by atoms with Gasteiger partial charge in [0.1, 0.15) is 10.4 Å². The lowest BCUT2D eigenvalue weighted by Gasteiger charge is -2.36. The number of alkyl halides is 2. The molecule has 1 saturated heterocycles. The van der Waals surface area contributed by atoms with E-state index in [1.807, 2.05) is 27.7 Å². The standard InChI is InChI=1S/C22H32Cl2N2O4/c1-11(21(3,4)5)20(30)26-10-14-16(22(14,23)24)17(26)19(29)25-15(18(28)12(2)27)9-13-7-6-8-13/h11,13-17H,6-10H2,1-5H3,(H,25,29)/t11-,14+,15?,16+,17+/m1/s1. The van der Waals surface area contributed by atoms with E-state index in [0.29, 0.717) is 18.9 Å². The first-order valence-corrected chi connectivity index (χ1v) is 11.6. The number of nitrogens with one attached hydrogen (secondary N) is 1. The number of fused-ring (bicyclic) bond motifs is 1. The molecule has 0 spiro atoms. The Bertz CT molecular complexity index is 757. The smallest absolute Gasteiger partial charge is 0.243 e. The number of nitrogens with zero attached hydrogens (tertiary/aromatic N) is 1. The molecule has 1 unspecified atom stereocenters. The lowest BCUT2D eigenvalue weighted by atomic mass is 9.79. The molecule has 3 fully saturated rings. The molecule has 0 radical (unpaired) electrons. The van der Waals surface area contributed by atoms with Gasteiger partial charge in [-0.2, -0.15) is 0 Å². The molecule has 1 aliphatic heterocycles. The van der Waals surface area contributed by atoms with Crippen LogP contribution in [-0.4, -0.2) is 51.2 Å². The van der Waals surface area contributed by atoms with E-state index in [1.165, 1.54) is 6.92 Å². The van der Waals surface area contributed by atoms with E-state index in [0.717, 1.165) is 19.3 Å². The molecule has 0 bridgehead atoms. The minimum atomic E-state index is -1.04. The van der Waals surface area contributed by atoms with Crippen LogP contribution in [0.15, 0.2) is 0 Å². The van der Waals surface area contributed by atoms with Crippen molar-refractivity contribution in [3.05, 3.63) is 0 Å². The average molecular weight is 459 g/mol. The fraction of sp³-hybridized carbons (Fsp3) is 0.818. The fourth-order valence-electron chi connectivity index (χ4n) is 4.55. The first-order valence-electron chi connectivity index (χ1n) is 10.8. The summed E-state index contributed by atoms with van der Waals surface area (Å²) >= 11 is 12.8. The number of rotatable bonds is 7.